The zero-order valence-corrected chi connectivity index (χ0v) is 7.15. The Hall–Kier alpha value is -2.10. The van der Waals surface area contributed by atoms with Crippen LogP contribution < -0.4 is 5.43 Å². The average Bonchev–Trinajstić information content (AvgIpc) is 2.17. The molecular formula is C10H7NO3. The molecule has 0 atom stereocenters. The van der Waals surface area contributed by atoms with Crippen LogP contribution in [-0.4, -0.2) is 16.1 Å². The molecule has 0 fully saturated rings. The highest BCUT2D eigenvalue weighted by atomic mass is 16.4. The normalized spacial score (nSPS) is 10.3. The van der Waals surface area contributed by atoms with Crippen molar-refractivity contribution in [2.75, 3.05) is 0 Å². The molecule has 0 spiro atoms. The Balaban J connectivity index is 2.86. The first-order valence-electron chi connectivity index (χ1n) is 4.04. The molecule has 0 aliphatic carbocycles. The Morgan fingerprint density at radius 3 is 2.71 bits per heavy atom. The molecule has 2 aromatic rings. The van der Waals surface area contributed by atoms with E-state index in [1.54, 1.807) is 24.3 Å². The maximum absolute atomic E-state index is 11.4. The molecule has 0 unspecified atom stereocenters. The first-order chi connectivity index (χ1) is 6.68. The van der Waals surface area contributed by atoms with Crippen LogP contribution in [0.1, 0.15) is 10.5 Å². The molecule has 4 nitrogen and oxygen atoms in total. The van der Waals surface area contributed by atoms with Gasteiger partial charge in [0, 0.05) is 17.0 Å². The number of pyridine rings is 1. The van der Waals surface area contributed by atoms with Crippen LogP contribution >= 0.6 is 0 Å². The van der Waals surface area contributed by atoms with Crippen LogP contribution in [0, 0.1) is 0 Å². The summed E-state index contributed by atoms with van der Waals surface area (Å²) in [5.41, 5.74) is 0.169. The van der Waals surface area contributed by atoms with Crippen molar-refractivity contribution in [1.82, 2.24) is 4.98 Å². The number of aromatic carboxylic acids is 1. The minimum atomic E-state index is -1.13. The number of para-hydroxylation sites is 1. The summed E-state index contributed by atoms with van der Waals surface area (Å²) in [4.78, 5) is 24.7. The van der Waals surface area contributed by atoms with E-state index in [9.17, 15) is 9.59 Å². The highest BCUT2D eigenvalue weighted by Gasteiger charge is 2.06. The number of hydrogen-bond donors (Lipinski definition) is 2. The maximum atomic E-state index is 11.4. The number of rotatable bonds is 1. The molecular weight excluding hydrogens is 183 g/mol. The topological polar surface area (TPSA) is 70.2 Å². The van der Waals surface area contributed by atoms with Gasteiger partial charge in [-0.25, -0.2) is 4.79 Å². The van der Waals surface area contributed by atoms with E-state index in [-0.39, 0.29) is 11.1 Å². The Labute approximate surface area is 78.8 Å². The summed E-state index contributed by atoms with van der Waals surface area (Å²) in [6.07, 6.45) is 0. The summed E-state index contributed by atoms with van der Waals surface area (Å²) >= 11 is 0. The fourth-order valence-electron chi connectivity index (χ4n) is 1.31. The first kappa shape index (κ1) is 8.50. The van der Waals surface area contributed by atoms with E-state index in [0.29, 0.717) is 10.9 Å². The average molecular weight is 190 g/mol. The second-order valence-corrected chi connectivity index (χ2v) is 2.90. The van der Waals surface area contributed by atoms with E-state index < -0.39 is 5.97 Å². The largest absolute Gasteiger partial charge is 0.477 e. The Morgan fingerprint density at radius 1 is 1.29 bits per heavy atom. The zero-order chi connectivity index (χ0) is 10.1. The van der Waals surface area contributed by atoms with Crippen LogP contribution in [0.5, 0.6) is 0 Å². The molecule has 0 aliphatic heterocycles. The number of H-pyrrole nitrogens is 1. The van der Waals surface area contributed by atoms with Gasteiger partial charge in [-0.15, -0.1) is 0 Å². The predicted molar refractivity (Wildman–Crippen MR) is 51.5 cm³/mol. The van der Waals surface area contributed by atoms with Gasteiger partial charge in [0.15, 0.2) is 5.43 Å². The number of benzene rings is 1. The van der Waals surface area contributed by atoms with Gasteiger partial charge in [0.25, 0.3) is 0 Å². The number of fused-ring (bicyclic) bond motifs is 1. The molecule has 0 radical (unpaired) electrons. The minimum absolute atomic E-state index is 0.0892. The maximum Gasteiger partial charge on any atom is 0.352 e. The van der Waals surface area contributed by atoms with Crippen molar-refractivity contribution in [2.24, 2.45) is 0 Å². The second kappa shape index (κ2) is 2.99. The third-order valence-electron chi connectivity index (χ3n) is 1.97. The highest BCUT2D eigenvalue weighted by Crippen LogP contribution is 2.06. The first-order valence-corrected chi connectivity index (χ1v) is 4.04. The van der Waals surface area contributed by atoms with Gasteiger partial charge < -0.3 is 10.1 Å². The third-order valence-corrected chi connectivity index (χ3v) is 1.97. The molecule has 0 saturated carbocycles. The number of carbonyl (C=O) groups is 1. The molecule has 4 heteroatoms. The molecule has 2 N–H and O–H groups in total. The van der Waals surface area contributed by atoms with Gasteiger partial charge in [-0.2, -0.15) is 0 Å². The van der Waals surface area contributed by atoms with Gasteiger partial charge in [0.05, 0.1) is 0 Å². The summed E-state index contributed by atoms with van der Waals surface area (Å²) in [7, 11) is 0. The Morgan fingerprint density at radius 2 is 2.00 bits per heavy atom. The van der Waals surface area contributed by atoms with Crippen LogP contribution in [0.3, 0.4) is 0 Å². The number of aromatic amines is 1. The van der Waals surface area contributed by atoms with Crippen molar-refractivity contribution in [1.29, 1.82) is 0 Å². The lowest BCUT2D eigenvalue weighted by Crippen LogP contribution is -2.09. The van der Waals surface area contributed by atoms with E-state index in [4.69, 9.17) is 5.11 Å². The molecule has 1 aromatic heterocycles. The lowest BCUT2D eigenvalue weighted by atomic mass is 10.2. The van der Waals surface area contributed by atoms with Crippen LogP contribution in [-0.2, 0) is 0 Å². The number of nitrogens with one attached hydrogen (secondary N) is 1. The molecule has 0 amide bonds. The lowest BCUT2D eigenvalue weighted by Gasteiger charge is -1.98. The van der Waals surface area contributed by atoms with Crippen LogP contribution in [0.25, 0.3) is 10.9 Å². The van der Waals surface area contributed by atoms with Gasteiger partial charge in [-0.05, 0) is 12.1 Å². The predicted octanol–water partition coefficient (Wildman–Crippen LogP) is 1.23. The molecule has 70 valence electrons. The smallest absolute Gasteiger partial charge is 0.352 e. The summed E-state index contributed by atoms with van der Waals surface area (Å²) in [6, 6.07) is 7.88. The summed E-state index contributed by atoms with van der Waals surface area (Å²) in [5.74, 6) is -1.13. The molecule has 1 aromatic carbocycles. The summed E-state index contributed by atoms with van der Waals surface area (Å²) < 4.78 is 0. The number of hydrogen-bond acceptors (Lipinski definition) is 2. The van der Waals surface area contributed by atoms with E-state index in [0.717, 1.165) is 6.07 Å². The molecule has 14 heavy (non-hydrogen) atoms. The summed E-state index contributed by atoms with van der Waals surface area (Å²) in [6.45, 7) is 0. The van der Waals surface area contributed by atoms with Gasteiger partial charge in [-0.1, -0.05) is 12.1 Å². The van der Waals surface area contributed by atoms with E-state index in [2.05, 4.69) is 4.98 Å². The second-order valence-electron chi connectivity index (χ2n) is 2.90. The van der Waals surface area contributed by atoms with Crippen molar-refractivity contribution in [3.8, 4) is 0 Å². The SMILES string of the molecule is O=C(O)c1cc(=O)c2ccccc2[15nH]1. The summed E-state index contributed by atoms with van der Waals surface area (Å²) in [5, 5.41) is 9.20. The number of aromatic nitrogens is 1. The van der Waals surface area contributed by atoms with Crippen LogP contribution in [0.15, 0.2) is 35.1 Å². The zero-order valence-electron chi connectivity index (χ0n) is 7.15. The van der Waals surface area contributed by atoms with Crippen molar-refractivity contribution < 1.29 is 9.90 Å². The number of carboxylic acid groups (broad SMARTS) is 1. The fraction of sp³-hybridized carbons (Fsp3) is 0. The van der Waals surface area contributed by atoms with Crippen molar-refractivity contribution in [2.45, 2.75) is 0 Å². The molecule has 1 heterocycles. The van der Waals surface area contributed by atoms with E-state index >= 15 is 0 Å². The van der Waals surface area contributed by atoms with E-state index in [1.165, 1.54) is 0 Å². The number of carboxylic acids is 1. The minimum Gasteiger partial charge on any atom is -0.477 e. The van der Waals surface area contributed by atoms with Crippen molar-refractivity contribution >= 4 is 16.9 Å². The molecule has 2 rings (SSSR count). The van der Waals surface area contributed by atoms with Crippen LogP contribution in [0.2, 0.25) is 0 Å². The fourth-order valence-corrected chi connectivity index (χ4v) is 1.31. The Bertz CT molecular complexity index is 557. The standard InChI is InChI=1S/C10H7NO3/c12-9-5-8(10(13)14)11-7-4-2-1-3-6(7)9/h1-5H,(H,11,12)(H,13,14)/i11+1. The van der Waals surface area contributed by atoms with Crippen LogP contribution in [0.4, 0.5) is 0 Å². The lowest BCUT2D eigenvalue weighted by molar-refractivity contribution is 0.0691. The van der Waals surface area contributed by atoms with Crippen molar-refractivity contribution in [3.63, 3.8) is 0 Å². The van der Waals surface area contributed by atoms with E-state index in [1.807, 2.05) is 0 Å². The van der Waals surface area contributed by atoms with Gasteiger partial charge in [0.2, 0.25) is 0 Å². The van der Waals surface area contributed by atoms with Gasteiger partial charge in [-0.3, -0.25) is 4.79 Å². The molecule has 0 aliphatic rings. The quantitative estimate of drug-likeness (QED) is 0.710. The third kappa shape index (κ3) is 1.26. The van der Waals surface area contributed by atoms with Gasteiger partial charge in [0.1, 0.15) is 5.69 Å². The highest BCUT2D eigenvalue weighted by molar-refractivity contribution is 5.89. The molecule has 0 saturated heterocycles. The molecule has 0 bridgehead atoms. The van der Waals surface area contributed by atoms with Gasteiger partial charge >= 0.3 is 5.97 Å². The van der Waals surface area contributed by atoms with Crippen molar-refractivity contribution in [3.05, 3.63) is 46.2 Å². The Kier molecular flexibility index (Phi) is 1.81. The monoisotopic (exact) mass is 190 g/mol.